The van der Waals surface area contributed by atoms with E-state index in [1.165, 1.54) is 12.1 Å². The fourth-order valence-electron chi connectivity index (χ4n) is 2.45. The van der Waals surface area contributed by atoms with Gasteiger partial charge < -0.3 is 20.5 Å². The summed E-state index contributed by atoms with van der Waals surface area (Å²) in [5.41, 5.74) is 0.655. The third-order valence-electron chi connectivity index (χ3n) is 3.73. The van der Waals surface area contributed by atoms with Crippen LogP contribution in [0.1, 0.15) is 25.5 Å². The highest BCUT2D eigenvalue weighted by Gasteiger charge is 2.17. The Labute approximate surface area is 176 Å². The molecule has 0 bridgehead atoms. The number of aromatic amines is 1. The Hall–Kier alpha value is -2.62. The van der Waals surface area contributed by atoms with Crippen LogP contribution in [-0.4, -0.2) is 38.0 Å². The molecule has 0 aliphatic heterocycles. The second kappa shape index (κ2) is 9.25. The Morgan fingerprint density at radius 3 is 2.59 bits per heavy atom. The van der Waals surface area contributed by atoms with Gasteiger partial charge in [0.2, 0.25) is 11.8 Å². The van der Waals surface area contributed by atoms with Crippen LogP contribution in [-0.2, 0) is 0 Å². The Bertz CT molecular complexity index is 967. The summed E-state index contributed by atoms with van der Waals surface area (Å²) in [6, 6.07) is 6.80. The number of halogens is 3. The lowest BCUT2D eigenvalue weighted by Crippen LogP contribution is -2.17. The van der Waals surface area contributed by atoms with E-state index in [1.54, 1.807) is 18.2 Å². The van der Waals surface area contributed by atoms with E-state index in [0.29, 0.717) is 17.3 Å². The minimum absolute atomic E-state index is 0.0145. The van der Waals surface area contributed by atoms with Crippen LogP contribution in [0.15, 0.2) is 30.3 Å². The van der Waals surface area contributed by atoms with Gasteiger partial charge in [-0.25, -0.2) is 4.39 Å². The summed E-state index contributed by atoms with van der Waals surface area (Å²) >= 11 is 12.3. The van der Waals surface area contributed by atoms with Crippen molar-refractivity contribution < 1.29 is 14.2 Å². The number of rotatable bonds is 8. The van der Waals surface area contributed by atoms with Gasteiger partial charge in [0.15, 0.2) is 11.0 Å². The van der Waals surface area contributed by atoms with Gasteiger partial charge >= 0.3 is 0 Å². The van der Waals surface area contributed by atoms with Crippen LogP contribution >= 0.6 is 23.2 Å². The van der Waals surface area contributed by atoms with E-state index in [0.717, 1.165) is 0 Å². The van der Waals surface area contributed by atoms with E-state index in [2.05, 4.69) is 30.8 Å². The molecule has 3 rings (SSSR count). The Morgan fingerprint density at radius 1 is 1.21 bits per heavy atom. The largest absolute Gasteiger partial charge is 0.474 e. The number of ether oxygens (including phenoxy) is 1. The van der Waals surface area contributed by atoms with Gasteiger partial charge in [0, 0.05) is 6.07 Å². The van der Waals surface area contributed by atoms with Crippen molar-refractivity contribution in [3.8, 4) is 5.88 Å². The zero-order chi connectivity index (χ0) is 21.0. The van der Waals surface area contributed by atoms with Gasteiger partial charge in [0.1, 0.15) is 16.7 Å². The standard InChI is InChI=1S/C18H19Cl2FN6O2/c1-9(2)29-14-7-13(26-27-14)23-17-15(19)16(20)24-18(25-17)22-12(8-28)10-3-5-11(21)6-4-10/h3-7,9,12,28H,8H2,1-2H3,(H3,22,23,24,25,26,27)/t12-/m0/s1. The van der Waals surface area contributed by atoms with Crippen LogP contribution in [0.4, 0.5) is 22.0 Å². The van der Waals surface area contributed by atoms with Crippen molar-refractivity contribution in [1.82, 2.24) is 20.2 Å². The van der Waals surface area contributed by atoms with Crippen LogP contribution in [0.5, 0.6) is 5.88 Å². The number of aliphatic hydroxyl groups excluding tert-OH is 1. The van der Waals surface area contributed by atoms with Gasteiger partial charge in [-0.1, -0.05) is 35.3 Å². The summed E-state index contributed by atoms with van der Waals surface area (Å²) in [6.45, 7) is 3.51. The molecule has 2 aromatic heterocycles. The third kappa shape index (κ3) is 5.47. The van der Waals surface area contributed by atoms with Crippen molar-refractivity contribution in [3.63, 3.8) is 0 Å². The second-order valence-electron chi connectivity index (χ2n) is 6.34. The lowest BCUT2D eigenvalue weighted by Gasteiger charge is -2.18. The average molecular weight is 441 g/mol. The van der Waals surface area contributed by atoms with Crippen LogP contribution in [0.25, 0.3) is 0 Å². The molecule has 0 aliphatic carbocycles. The van der Waals surface area contributed by atoms with Crippen LogP contribution in [0, 0.1) is 5.82 Å². The Morgan fingerprint density at radius 2 is 1.93 bits per heavy atom. The van der Waals surface area contributed by atoms with Gasteiger partial charge in [-0.05, 0) is 31.5 Å². The first-order valence-corrected chi connectivity index (χ1v) is 9.46. The number of aromatic nitrogens is 4. The predicted molar refractivity (Wildman–Crippen MR) is 110 cm³/mol. The molecule has 2 heterocycles. The minimum atomic E-state index is -0.570. The summed E-state index contributed by atoms with van der Waals surface area (Å²) in [4.78, 5) is 8.39. The summed E-state index contributed by atoms with van der Waals surface area (Å²) < 4.78 is 18.6. The quantitative estimate of drug-likeness (QED) is 0.386. The number of aliphatic hydroxyl groups is 1. The maximum Gasteiger partial charge on any atom is 0.234 e. The molecule has 0 fully saturated rings. The van der Waals surface area contributed by atoms with Crippen LogP contribution in [0.2, 0.25) is 10.2 Å². The number of nitrogens with one attached hydrogen (secondary N) is 3. The highest BCUT2D eigenvalue weighted by molar-refractivity contribution is 6.42. The molecule has 1 aromatic carbocycles. The second-order valence-corrected chi connectivity index (χ2v) is 7.08. The first kappa shape index (κ1) is 21.1. The normalized spacial score (nSPS) is 12.1. The van der Waals surface area contributed by atoms with E-state index in [-0.39, 0.29) is 40.5 Å². The third-order valence-corrected chi connectivity index (χ3v) is 4.46. The lowest BCUT2D eigenvalue weighted by atomic mass is 10.1. The van der Waals surface area contributed by atoms with E-state index in [9.17, 15) is 9.50 Å². The van der Waals surface area contributed by atoms with Crippen LogP contribution < -0.4 is 15.4 Å². The average Bonchev–Trinajstić information content (AvgIpc) is 3.10. The van der Waals surface area contributed by atoms with Crippen molar-refractivity contribution in [2.24, 2.45) is 0 Å². The highest BCUT2D eigenvalue weighted by Crippen LogP contribution is 2.31. The van der Waals surface area contributed by atoms with E-state index >= 15 is 0 Å². The van der Waals surface area contributed by atoms with Gasteiger partial charge in [0.05, 0.1) is 18.8 Å². The summed E-state index contributed by atoms with van der Waals surface area (Å²) in [5.74, 6) is 0.880. The topological polar surface area (TPSA) is 108 Å². The molecule has 0 radical (unpaired) electrons. The first-order chi connectivity index (χ1) is 13.9. The molecule has 0 spiro atoms. The van der Waals surface area contributed by atoms with E-state index in [4.69, 9.17) is 27.9 Å². The van der Waals surface area contributed by atoms with Crippen molar-refractivity contribution in [2.45, 2.75) is 26.0 Å². The molecule has 29 heavy (non-hydrogen) atoms. The maximum atomic E-state index is 13.1. The monoisotopic (exact) mass is 440 g/mol. The number of benzene rings is 1. The molecule has 0 aliphatic rings. The fourth-order valence-corrected chi connectivity index (χ4v) is 2.75. The zero-order valence-electron chi connectivity index (χ0n) is 15.6. The summed E-state index contributed by atoms with van der Waals surface area (Å²) in [7, 11) is 0. The zero-order valence-corrected chi connectivity index (χ0v) is 17.1. The first-order valence-electron chi connectivity index (χ1n) is 8.70. The fraction of sp³-hybridized carbons (Fsp3) is 0.278. The molecule has 4 N–H and O–H groups in total. The smallest absolute Gasteiger partial charge is 0.234 e. The van der Waals surface area contributed by atoms with Crippen molar-refractivity contribution in [1.29, 1.82) is 0 Å². The Balaban J connectivity index is 1.81. The van der Waals surface area contributed by atoms with E-state index < -0.39 is 6.04 Å². The van der Waals surface area contributed by atoms with Gasteiger partial charge in [0.25, 0.3) is 0 Å². The Kier molecular flexibility index (Phi) is 6.73. The van der Waals surface area contributed by atoms with Crippen molar-refractivity contribution in [2.75, 3.05) is 17.2 Å². The summed E-state index contributed by atoms with van der Waals surface area (Å²) in [6.07, 6.45) is -0.0269. The van der Waals surface area contributed by atoms with Gasteiger partial charge in [-0.2, -0.15) is 9.97 Å². The molecule has 11 heteroatoms. The molecule has 0 saturated heterocycles. The molecule has 0 saturated carbocycles. The maximum absolute atomic E-state index is 13.1. The SMILES string of the molecule is CC(C)Oc1cc(Nc2nc(N[C@@H](CO)c3ccc(F)cc3)nc(Cl)c2Cl)[nH]n1. The number of H-pyrrole nitrogens is 1. The molecule has 154 valence electrons. The highest BCUT2D eigenvalue weighted by atomic mass is 35.5. The molecule has 0 amide bonds. The molecular formula is C18H19Cl2FN6O2. The molecule has 0 unspecified atom stereocenters. The molecule has 8 nitrogen and oxygen atoms in total. The molecule has 3 aromatic rings. The number of anilines is 3. The van der Waals surface area contributed by atoms with Crippen LogP contribution in [0.3, 0.4) is 0 Å². The predicted octanol–water partition coefficient (Wildman–Crippen LogP) is 4.32. The number of hydrogen-bond acceptors (Lipinski definition) is 7. The van der Waals surface area contributed by atoms with E-state index in [1.807, 2.05) is 13.8 Å². The molecule has 1 atom stereocenters. The minimum Gasteiger partial charge on any atom is -0.474 e. The summed E-state index contributed by atoms with van der Waals surface area (Å²) in [5, 5.41) is 22.5. The van der Waals surface area contributed by atoms with Crippen molar-refractivity contribution in [3.05, 3.63) is 51.9 Å². The number of hydrogen-bond donors (Lipinski definition) is 4. The van der Waals surface area contributed by atoms with Crippen molar-refractivity contribution >= 4 is 40.8 Å². The van der Waals surface area contributed by atoms with Gasteiger partial charge in [-0.3, -0.25) is 5.10 Å². The number of nitrogens with zero attached hydrogens (tertiary/aromatic N) is 3. The van der Waals surface area contributed by atoms with Gasteiger partial charge in [-0.15, -0.1) is 5.10 Å². The molecular weight excluding hydrogens is 422 g/mol. The lowest BCUT2D eigenvalue weighted by molar-refractivity contribution is 0.232.